The van der Waals surface area contributed by atoms with E-state index in [4.69, 9.17) is 4.74 Å². The number of thiazole rings is 1. The first-order valence-electron chi connectivity index (χ1n) is 9.90. The van der Waals surface area contributed by atoms with Crippen LogP contribution in [0.1, 0.15) is 38.8 Å². The molecule has 4 rings (SSSR count). The van der Waals surface area contributed by atoms with Gasteiger partial charge in [-0.05, 0) is 49.1 Å². The summed E-state index contributed by atoms with van der Waals surface area (Å²) in [6.45, 7) is 0.568. The second kappa shape index (κ2) is 9.09. The molecule has 2 aromatic carbocycles. The van der Waals surface area contributed by atoms with Crippen LogP contribution in [0.15, 0.2) is 54.6 Å². The van der Waals surface area contributed by atoms with Crippen LogP contribution in [0.3, 0.4) is 0 Å². The molecule has 6 nitrogen and oxygen atoms in total. The minimum Gasteiger partial charge on any atom is -0.497 e. The Morgan fingerprint density at radius 1 is 1.13 bits per heavy atom. The molecule has 154 valence electrons. The van der Waals surface area contributed by atoms with E-state index < -0.39 is 0 Å². The Bertz CT molecular complexity index is 1030. The van der Waals surface area contributed by atoms with E-state index in [2.05, 4.69) is 15.6 Å². The van der Waals surface area contributed by atoms with E-state index in [0.717, 1.165) is 41.1 Å². The first kappa shape index (κ1) is 20.1. The summed E-state index contributed by atoms with van der Waals surface area (Å²) in [5, 5.41) is 6.42. The molecule has 0 aliphatic heterocycles. The van der Waals surface area contributed by atoms with Crippen molar-refractivity contribution in [3.63, 3.8) is 0 Å². The Balaban J connectivity index is 1.33. The van der Waals surface area contributed by atoms with Crippen LogP contribution in [0.25, 0.3) is 0 Å². The molecule has 0 unspecified atom stereocenters. The molecule has 2 N–H and O–H groups in total. The van der Waals surface area contributed by atoms with E-state index in [1.807, 2.05) is 42.5 Å². The van der Waals surface area contributed by atoms with E-state index in [9.17, 15) is 9.59 Å². The van der Waals surface area contributed by atoms with Gasteiger partial charge in [-0.2, -0.15) is 0 Å². The normalized spacial score (nSPS) is 14.8. The molecule has 30 heavy (non-hydrogen) atoms. The van der Waals surface area contributed by atoms with Crippen LogP contribution in [0.4, 0.5) is 5.13 Å². The van der Waals surface area contributed by atoms with Crippen molar-refractivity contribution in [1.82, 2.24) is 10.3 Å². The number of ether oxygens (including phenoxy) is 1. The van der Waals surface area contributed by atoms with Gasteiger partial charge in [0.25, 0.3) is 5.91 Å². The predicted octanol–water partition coefficient (Wildman–Crippen LogP) is 3.79. The fourth-order valence-corrected chi connectivity index (χ4v) is 4.57. The van der Waals surface area contributed by atoms with Gasteiger partial charge in [-0.15, -0.1) is 11.3 Å². The number of hydrogen-bond acceptors (Lipinski definition) is 5. The summed E-state index contributed by atoms with van der Waals surface area (Å²) in [6.07, 6.45) is 2.32. The van der Waals surface area contributed by atoms with Crippen LogP contribution >= 0.6 is 11.3 Å². The van der Waals surface area contributed by atoms with E-state index >= 15 is 0 Å². The number of nitrogens with zero attached hydrogens (tertiary/aromatic N) is 1. The second-order valence-corrected chi connectivity index (χ2v) is 8.21. The number of methoxy groups -OCH3 is 1. The second-order valence-electron chi connectivity index (χ2n) is 7.13. The van der Waals surface area contributed by atoms with E-state index in [1.165, 1.54) is 11.3 Å². The lowest BCUT2D eigenvalue weighted by Gasteiger charge is -2.11. The molecule has 0 spiro atoms. The van der Waals surface area contributed by atoms with Gasteiger partial charge in [0.15, 0.2) is 5.13 Å². The fraction of sp³-hybridized carbons (Fsp3) is 0.261. The number of rotatable bonds is 7. The molecule has 7 heteroatoms. The fourth-order valence-electron chi connectivity index (χ4n) is 3.54. The highest BCUT2D eigenvalue weighted by Gasteiger charge is 2.32. The average Bonchev–Trinajstić information content (AvgIpc) is 3.35. The van der Waals surface area contributed by atoms with Gasteiger partial charge in [0.2, 0.25) is 5.91 Å². The number of aryl methyl sites for hydroxylation is 1. The molecule has 1 heterocycles. The zero-order chi connectivity index (χ0) is 20.9. The minimum absolute atomic E-state index is 0.00602. The highest BCUT2D eigenvalue weighted by Crippen LogP contribution is 2.38. The first-order valence-corrected chi connectivity index (χ1v) is 10.7. The monoisotopic (exact) mass is 421 g/mol. The lowest BCUT2D eigenvalue weighted by molar-refractivity contribution is -0.122. The zero-order valence-electron chi connectivity index (χ0n) is 16.7. The van der Waals surface area contributed by atoms with Gasteiger partial charge in [0.05, 0.1) is 18.7 Å². The summed E-state index contributed by atoms with van der Waals surface area (Å²) in [6, 6.07) is 16.9. The maximum Gasteiger partial charge on any atom is 0.257 e. The zero-order valence-corrected chi connectivity index (χ0v) is 17.5. The van der Waals surface area contributed by atoms with Crippen molar-refractivity contribution < 1.29 is 14.3 Å². The van der Waals surface area contributed by atoms with Crippen LogP contribution < -0.4 is 15.4 Å². The number of hydrogen-bond donors (Lipinski definition) is 2. The number of anilines is 1. The molecule has 1 aliphatic carbocycles. The third kappa shape index (κ3) is 4.52. The van der Waals surface area contributed by atoms with Crippen LogP contribution in [0.5, 0.6) is 5.75 Å². The number of benzene rings is 2. The van der Waals surface area contributed by atoms with Gasteiger partial charge in [-0.3, -0.25) is 14.9 Å². The van der Waals surface area contributed by atoms with Crippen LogP contribution in [0.2, 0.25) is 0 Å². The molecule has 0 saturated heterocycles. The van der Waals surface area contributed by atoms with Crippen LogP contribution in [-0.4, -0.2) is 30.5 Å². The Labute approximate surface area is 179 Å². The summed E-state index contributed by atoms with van der Waals surface area (Å²) in [5.74, 6) is 0.367. The number of nitrogens with one attached hydrogen (secondary N) is 2. The van der Waals surface area contributed by atoms with Crippen molar-refractivity contribution in [3.8, 4) is 5.75 Å². The molecule has 1 aliphatic rings. The highest BCUT2D eigenvalue weighted by atomic mass is 32.1. The van der Waals surface area contributed by atoms with Crippen molar-refractivity contribution in [2.45, 2.75) is 25.2 Å². The maximum atomic E-state index is 12.7. The molecule has 1 atom stereocenters. The lowest BCUT2D eigenvalue weighted by atomic mass is 10.1. The lowest BCUT2D eigenvalue weighted by Crippen LogP contribution is -2.30. The smallest absolute Gasteiger partial charge is 0.257 e. The van der Waals surface area contributed by atoms with Crippen molar-refractivity contribution in [3.05, 3.63) is 76.3 Å². The van der Waals surface area contributed by atoms with Crippen LogP contribution in [0, 0.1) is 0 Å². The quantitative estimate of drug-likeness (QED) is 0.608. The summed E-state index contributed by atoms with van der Waals surface area (Å²) in [5.41, 5.74) is 2.52. The first-order chi connectivity index (χ1) is 14.6. The summed E-state index contributed by atoms with van der Waals surface area (Å²) < 4.78 is 5.16. The van der Waals surface area contributed by atoms with E-state index in [0.29, 0.717) is 17.2 Å². The molecule has 2 amide bonds. The summed E-state index contributed by atoms with van der Waals surface area (Å²) in [4.78, 5) is 30.7. The third-order valence-electron chi connectivity index (χ3n) is 5.16. The molecular weight excluding hydrogens is 398 g/mol. The van der Waals surface area contributed by atoms with Gasteiger partial charge in [-0.1, -0.05) is 30.3 Å². The van der Waals surface area contributed by atoms with E-state index in [1.54, 1.807) is 19.2 Å². The van der Waals surface area contributed by atoms with E-state index in [-0.39, 0.29) is 17.7 Å². The molecular formula is C23H23N3O3S. The number of amides is 2. The van der Waals surface area contributed by atoms with Crippen molar-refractivity contribution in [2.75, 3.05) is 19.0 Å². The molecule has 3 aromatic rings. The number of aromatic nitrogens is 1. The number of fused-ring (bicyclic) bond motifs is 1. The Morgan fingerprint density at radius 3 is 2.63 bits per heavy atom. The average molecular weight is 422 g/mol. The molecule has 1 aromatic heterocycles. The van der Waals surface area contributed by atoms with Gasteiger partial charge in [0, 0.05) is 17.0 Å². The number of carbonyl (C=O) groups excluding carboxylic acids is 2. The minimum atomic E-state index is -0.255. The van der Waals surface area contributed by atoms with Crippen LogP contribution in [-0.2, 0) is 17.6 Å². The predicted molar refractivity (Wildman–Crippen MR) is 117 cm³/mol. The SMILES string of the molecule is COc1ccc(CCNC(=O)[C@@H]2CCc3sc(NC(=O)c4ccccc4)nc32)cc1. The van der Waals surface area contributed by atoms with Crippen molar-refractivity contribution in [2.24, 2.45) is 0 Å². The molecule has 0 fully saturated rings. The van der Waals surface area contributed by atoms with Crippen molar-refractivity contribution in [1.29, 1.82) is 0 Å². The topological polar surface area (TPSA) is 80.3 Å². The Hall–Kier alpha value is -3.19. The van der Waals surface area contributed by atoms with Crippen molar-refractivity contribution >= 4 is 28.3 Å². The molecule has 0 bridgehead atoms. The third-order valence-corrected chi connectivity index (χ3v) is 6.21. The van der Waals surface area contributed by atoms with Gasteiger partial charge < -0.3 is 10.1 Å². The summed E-state index contributed by atoms with van der Waals surface area (Å²) in [7, 11) is 1.64. The largest absolute Gasteiger partial charge is 0.497 e. The summed E-state index contributed by atoms with van der Waals surface area (Å²) >= 11 is 1.46. The Morgan fingerprint density at radius 2 is 1.90 bits per heavy atom. The highest BCUT2D eigenvalue weighted by molar-refractivity contribution is 7.16. The standard InChI is InChI=1S/C23H23N3O3S/c1-29-17-9-7-15(8-10-17)13-14-24-22(28)18-11-12-19-20(18)25-23(30-19)26-21(27)16-5-3-2-4-6-16/h2-10,18H,11-14H2,1H3,(H,24,28)(H,25,26,27)/t18-/m1/s1. The molecule has 0 radical (unpaired) electrons. The Kier molecular flexibility index (Phi) is 6.09. The maximum absolute atomic E-state index is 12.7. The van der Waals surface area contributed by atoms with Gasteiger partial charge >= 0.3 is 0 Å². The van der Waals surface area contributed by atoms with Gasteiger partial charge in [0.1, 0.15) is 5.75 Å². The number of carbonyl (C=O) groups is 2. The van der Waals surface area contributed by atoms with Gasteiger partial charge in [-0.25, -0.2) is 4.98 Å². The molecule has 0 saturated carbocycles.